The van der Waals surface area contributed by atoms with Gasteiger partial charge in [-0.05, 0) is 67.6 Å². The number of ether oxygens (including phenoxy) is 1. The summed E-state index contributed by atoms with van der Waals surface area (Å²) in [6.07, 6.45) is 1.48. The van der Waals surface area contributed by atoms with Crippen molar-refractivity contribution in [3.05, 3.63) is 65.0 Å². The van der Waals surface area contributed by atoms with Crippen LogP contribution in [0.15, 0.2) is 42.5 Å². The van der Waals surface area contributed by atoms with Crippen molar-refractivity contribution >= 4 is 0 Å². The van der Waals surface area contributed by atoms with Crippen LogP contribution in [0.5, 0.6) is 5.75 Å². The lowest BCUT2D eigenvalue weighted by molar-refractivity contribution is 0.304. The second-order valence-electron chi connectivity index (χ2n) is 5.55. The summed E-state index contributed by atoms with van der Waals surface area (Å²) in [5.41, 5.74) is 3.21. The van der Waals surface area contributed by atoms with Gasteiger partial charge in [-0.15, -0.1) is 0 Å². The van der Waals surface area contributed by atoms with E-state index in [-0.39, 0.29) is 11.7 Å². The smallest absolute Gasteiger partial charge is 0.123 e. The van der Waals surface area contributed by atoms with E-state index in [1.807, 2.05) is 26.0 Å². The van der Waals surface area contributed by atoms with Crippen LogP contribution in [0.25, 0.3) is 0 Å². The molecule has 0 fully saturated rings. The average Bonchev–Trinajstić information content (AvgIpc) is 2.48. The van der Waals surface area contributed by atoms with Gasteiger partial charge in [-0.2, -0.15) is 5.26 Å². The SMILES string of the molecule is Cc1cc(C)cc(OCCCC(C#N)c2ccc(F)cc2)c1. The van der Waals surface area contributed by atoms with Crippen LogP contribution in [-0.4, -0.2) is 6.61 Å². The maximum absolute atomic E-state index is 12.9. The monoisotopic (exact) mass is 297 g/mol. The third-order valence-electron chi connectivity index (χ3n) is 3.53. The topological polar surface area (TPSA) is 33.0 Å². The molecule has 0 radical (unpaired) electrons. The minimum atomic E-state index is -0.279. The number of rotatable bonds is 6. The molecule has 0 aliphatic carbocycles. The standard InChI is InChI=1S/C19H20FNO/c1-14-10-15(2)12-19(11-14)22-9-3-4-17(13-21)16-5-7-18(20)8-6-16/h5-8,10-12,17H,3-4,9H2,1-2H3. The van der Waals surface area contributed by atoms with Crippen LogP contribution in [0, 0.1) is 31.0 Å². The first kappa shape index (κ1) is 16.0. The highest BCUT2D eigenvalue weighted by molar-refractivity contribution is 5.33. The molecule has 1 unspecified atom stereocenters. The van der Waals surface area contributed by atoms with E-state index in [1.54, 1.807) is 12.1 Å². The van der Waals surface area contributed by atoms with E-state index in [9.17, 15) is 9.65 Å². The Morgan fingerprint density at radius 3 is 2.32 bits per heavy atom. The third kappa shape index (κ3) is 4.60. The Morgan fingerprint density at radius 1 is 1.09 bits per heavy atom. The van der Waals surface area contributed by atoms with Crippen LogP contribution >= 0.6 is 0 Å². The van der Waals surface area contributed by atoms with Crippen LogP contribution in [0.2, 0.25) is 0 Å². The Bertz CT molecular complexity index is 638. The molecule has 22 heavy (non-hydrogen) atoms. The lowest BCUT2D eigenvalue weighted by atomic mass is 9.96. The van der Waals surface area contributed by atoms with Gasteiger partial charge in [0.05, 0.1) is 18.6 Å². The summed E-state index contributed by atoms with van der Waals surface area (Å²) in [6.45, 7) is 4.66. The maximum atomic E-state index is 12.9. The van der Waals surface area contributed by atoms with Crippen LogP contribution in [-0.2, 0) is 0 Å². The zero-order chi connectivity index (χ0) is 15.9. The van der Waals surface area contributed by atoms with Crippen molar-refractivity contribution < 1.29 is 9.13 Å². The Labute approximate surface area is 131 Å². The number of nitrogens with zero attached hydrogens (tertiary/aromatic N) is 1. The summed E-state index contributed by atoms with van der Waals surface area (Å²) >= 11 is 0. The quantitative estimate of drug-likeness (QED) is 0.710. The first-order chi connectivity index (χ1) is 10.6. The Morgan fingerprint density at radius 2 is 1.73 bits per heavy atom. The summed E-state index contributed by atoms with van der Waals surface area (Å²) in [6, 6.07) is 14.5. The van der Waals surface area contributed by atoms with Gasteiger partial charge in [0, 0.05) is 0 Å². The molecule has 0 heterocycles. The molecular formula is C19H20FNO. The van der Waals surface area contributed by atoms with E-state index >= 15 is 0 Å². The summed E-state index contributed by atoms with van der Waals surface area (Å²) in [5, 5.41) is 9.25. The van der Waals surface area contributed by atoms with E-state index in [4.69, 9.17) is 4.74 Å². The lowest BCUT2D eigenvalue weighted by Crippen LogP contribution is -2.02. The Balaban J connectivity index is 1.84. The van der Waals surface area contributed by atoms with Crippen LogP contribution < -0.4 is 4.74 Å². The van der Waals surface area contributed by atoms with E-state index in [1.165, 1.54) is 23.3 Å². The minimum absolute atomic E-state index is 0.219. The Hall–Kier alpha value is -2.34. The molecule has 3 heteroatoms. The van der Waals surface area contributed by atoms with Gasteiger partial charge in [-0.25, -0.2) is 4.39 Å². The van der Waals surface area contributed by atoms with Gasteiger partial charge in [0.1, 0.15) is 11.6 Å². The average molecular weight is 297 g/mol. The summed E-state index contributed by atoms with van der Waals surface area (Å²) in [4.78, 5) is 0. The van der Waals surface area contributed by atoms with Gasteiger partial charge in [0.15, 0.2) is 0 Å². The molecule has 0 aliphatic heterocycles. The van der Waals surface area contributed by atoms with E-state index in [2.05, 4.69) is 12.1 Å². The van der Waals surface area contributed by atoms with Gasteiger partial charge in [-0.3, -0.25) is 0 Å². The van der Waals surface area contributed by atoms with Crippen molar-refractivity contribution in [3.63, 3.8) is 0 Å². The molecule has 0 saturated carbocycles. The van der Waals surface area contributed by atoms with E-state index in [0.717, 1.165) is 17.7 Å². The predicted octanol–water partition coefficient (Wildman–Crippen LogP) is 4.91. The van der Waals surface area contributed by atoms with Gasteiger partial charge in [0.2, 0.25) is 0 Å². The molecule has 0 amide bonds. The van der Waals surface area contributed by atoms with Gasteiger partial charge in [-0.1, -0.05) is 18.2 Å². The minimum Gasteiger partial charge on any atom is -0.494 e. The van der Waals surface area contributed by atoms with Crippen LogP contribution in [0.1, 0.15) is 35.4 Å². The number of nitriles is 1. The van der Waals surface area contributed by atoms with Crippen LogP contribution in [0.3, 0.4) is 0 Å². The van der Waals surface area contributed by atoms with Crippen molar-refractivity contribution in [2.75, 3.05) is 6.61 Å². The molecule has 2 aromatic carbocycles. The van der Waals surface area contributed by atoms with Gasteiger partial charge >= 0.3 is 0 Å². The molecule has 0 aliphatic rings. The largest absolute Gasteiger partial charge is 0.494 e. The Kier molecular flexibility index (Phi) is 5.55. The fraction of sp³-hybridized carbons (Fsp3) is 0.316. The highest BCUT2D eigenvalue weighted by Crippen LogP contribution is 2.22. The van der Waals surface area contributed by atoms with E-state index < -0.39 is 0 Å². The van der Waals surface area contributed by atoms with Crippen molar-refractivity contribution in [1.82, 2.24) is 0 Å². The fourth-order valence-corrected chi connectivity index (χ4v) is 2.49. The summed E-state index contributed by atoms with van der Waals surface area (Å²) in [7, 11) is 0. The predicted molar refractivity (Wildman–Crippen MR) is 85.4 cm³/mol. The number of hydrogen-bond acceptors (Lipinski definition) is 2. The molecular weight excluding hydrogens is 277 g/mol. The molecule has 0 N–H and O–H groups in total. The molecule has 0 bridgehead atoms. The first-order valence-electron chi connectivity index (χ1n) is 7.44. The molecule has 0 saturated heterocycles. The van der Waals surface area contributed by atoms with Crippen LogP contribution in [0.4, 0.5) is 4.39 Å². The third-order valence-corrected chi connectivity index (χ3v) is 3.53. The zero-order valence-corrected chi connectivity index (χ0v) is 13.0. The highest BCUT2D eigenvalue weighted by Gasteiger charge is 2.10. The summed E-state index contributed by atoms with van der Waals surface area (Å²) in [5.74, 6) is 0.370. The molecule has 114 valence electrons. The summed E-state index contributed by atoms with van der Waals surface area (Å²) < 4.78 is 18.7. The molecule has 2 aromatic rings. The van der Waals surface area contributed by atoms with Crippen molar-refractivity contribution in [2.24, 2.45) is 0 Å². The highest BCUT2D eigenvalue weighted by atomic mass is 19.1. The lowest BCUT2D eigenvalue weighted by Gasteiger charge is -2.11. The molecule has 1 atom stereocenters. The number of hydrogen-bond donors (Lipinski definition) is 0. The van der Waals surface area contributed by atoms with Crippen molar-refractivity contribution in [1.29, 1.82) is 5.26 Å². The van der Waals surface area contributed by atoms with Gasteiger partial charge < -0.3 is 4.74 Å². The molecule has 2 rings (SSSR count). The zero-order valence-electron chi connectivity index (χ0n) is 13.0. The molecule has 2 nitrogen and oxygen atoms in total. The van der Waals surface area contributed by atoms with Crippen molar-refractivity contribution in [2.45, 2.75) is 32.6 Å². The fourth-order valence-electron chi connectivity index (χ4n) is 2.49. The second kappa shape index (κ2) is 7.61. The number of aryl methyl sites for hydroxylation is 2. The number of halogens is 1. The number of benzene rings is 2. The molecule has 0 spiro atoms. The maximum Gasteiger partial charge on any atom is 0.123 e. The van der Waals surface area contributed by atoms with E-state index in [0.29, 0.717) is 13.0 Å². The van der Waals surface area contributed by atoms with Gasteiger partial charge in [0.25, 0.3) is 0 Å². The van der Waals surface area contributed by atoms with Crippen molar-refractivity contribution in [3.8, 4) is 11.8 Å². The first-order valence-corrected chi connectivity index (χ1v) is 7.44. The normalized spacial score (nSPS) is 11.7. The molecule has 0 aromatic heterocycles. The second-order valence-corrected chi connectivity index (χ2v) is 5.55.